The fraction of sp³-hybridized carbons (Fsp3) is 0.0769. The van der Waals surface area contributed by atoms with E-state index < -0.39 is 18.1 Å². The standard InChI is InChI=1S/C26H24N6O5/c1-2-27-25(34)31-22-15-21(29-17-7-4-3-5-8-17)20(16-28-22)24(33)30-18-10-12-19(13-11-18)32-14-6-9-23(32)37-26(35)36/h3-16H,2H2,1H3,(H,30,33)(H,35,36)(H3,27,28,29,31,34). The van der Waals surface area contributed by atoms with Gasteiger partial charge in [-0.2, -0.15) is 0 Å². The van der Waals surface area contributed by atoms with Gasteiger partial charge >= 0.3 is 12.2 Å². The summed E-state index contributed by atoms with van der Waals surface area (Å²) in [6, 6.07) is 20.4. The van der Waals surface area contributed by atoms with E-state index in [1.165, 1.54) is 12.3 Å². The van der Waals surface area contributed by atoms with E-state index in [2.05, 4.69) is 26.3 Å². The Bertz CT molecular complexity index is 1400. The minimum absolute atomic E-state index is 0.147. The molecule has 0 atom stereocenters. The molecular weight excluding hydrogens is 476 g/mol. The van der Waals surface area contributed by atoms with Crippen molar-refractivity contribution >= 4 is 41.0 Å². The maximum Gasteiger partial charge on any atom is 0.512 e. The van der Waals surface area contributed by atoms with E-state index in [1.54, 1.807) is 54.1 Å². The molecule has 2 aromatic carbocycles. The molecule has 0 bridgehead atoms. The topological polar surface area (TPSA) is 147 Å². The molecule has 0 unspecified atom stereocenters. The Morgan fingerprint density at radius 2 is 1.70 bits per heavy atom. The molecule has 3 amide bonds. The number of nitrogens with one attached hydrogen (secondary N) is 4. The summed E-state index contributed by atoms with van der Waals surface area (Å²) in [5.41, 5.74) is 2.62. The number of carbonyl (C=O) groups excluding carboxylic acids is 2. The largest absolute Gasteiger partial charge is 0.512 e. The number of hydrogen-bond acceptors (Lipinski definition) is 6. The summed E-state index contributed by atoms with van der Waals surface area (Å²) in [5.74, 6) is 0.00352. The smallest absolute Gasteiger partial charge is 0.449 e. The molecule has 2 aromatic heterocycles. The van der Waals surface area contributed by atoms with Gasteiger partial charge in [-0.05, 0) is 49.4 Å². The molecule has 0 aliphatic heterocycles. The summed E-state index contributed by atoms with van der Waals surface area (Å²) < 4.78 is 6.33. The number of carbonyl (C=O) groups is 3. The van der Waals surface area contributed by atoms with Crippen molar-refractivity contribution in [3.05, 3.63) is 90.8 Å². The Morgan fingerprint density at radius 1 is 0.946 bits per heavy atom. The van der Waals surface area contributed by atoms with Crippen LogP contribution in [0.25, 0.3) is 5.69 Å². The molecule has 0 spiro atoms. The maximum atomic E-state index is 13.2. The molecule has 11 heteroatoms. The molecule has 0 saturated carbocycles. The van der Waals surface area contributed by atoms with Crippen LogP contribution in [0.1, 0.15) is 17.3 Å². The SMILES string of the molecule is CCNC(=O)Nc1cc(Nc2ccccc2)c(C(=O)Nc2ccc(-n3cccc3OC(=O)O)cc2)cn1. The van der Waals surface area contributed by atoms with Crippen molar-refractivity contribution in [2.45, 2.75) is 6.92 Å². The molecule has 0 fully saturated rings. The number of rotatable bonds is 8. The van der Waals surface area contributed by atoms with Crippen LogP contribution in [0.4, 0.5) is 32.5 Å². The van der Waals surface area contributed by atoms with Crippen LogP contribution in [-0.2, 0) is 0 Å². The number of benzene rings is 2. The van der Waals surface area contributed by atoms with Crippen molar-refractivity contribution in [2.24, 2.45) is 0 Å². The highest BCUT2D eigenvalue weighted by atomic mass is 16.7. The number of aromatic nitrogens is 2. The van der Waals surface area contributed by atoms with Gasteiger partial charge in [0.1, 0.15) is 5.82 Å². The Hall–Kier alpha value is -5.32. The van der Waals surface area contributed by atoms with Gasteiger partial charge in [0.05, 0.1) is 11.3 Å². The Balaban J connectivity index is 1.55. The van der Waals surface area contributed by atoms with Gasteiger partial charge in [0.15, 0.2) is 0 Å². The average molecular weight is 501 g/mol. The molecule has 0 aliphatic rings. The molecule has 0 saturated heterocycles. The number of urea groups is 1. The van der Waals surface area contributed by atoms with Crippen LogP contribution in [0.5, 0.6) is 5.88 Å². The third kappa shape index (κ3) is 6.42. The number of anilines is 4. The first-order valence-corrected chi connectivity index (χ1v) is 11.3. The summed E-state index contributed by atoms with van der Waals surface area (Å²) in [7, 11) is 0. The first kappa shape index (κ1) is 24.8. The van der Waals surface area contributed by atoms with Crippen molar-refractivity contribution in [3.63, 3.8) is 0 Å². The van der Waals surface area contributed by atoms with Gasteiger partial charge in [-0.25, -0.2) is 14.6 Å². The quantitative estimate of drug-likeness (QED) is 0.212. The van der Waals surface area contributed by atoms with Crippen LogP contribution in [0.15, 0.2) is 85.2 Å². The number of carboxylic acid groups (broad SMARTS) is 1. The third-order valence-corrected chi connectivity index (χ3v) is 5.09. The van der Waals surface area contributed by atoms with Crippen LogP contribution in [0, 0.1) is 0 Å². The fourth-order valence-electron chi connectivity index (χ4n) is 3.46. The van der Waals surface area contributed by atoms with Crippen LogP contribution in [0.2, 0.25) is 0 Å². The van der Waals surface area contributed by atoms with E-state index in [4.69, 9.17) is 9.84 Å². The molecular formula is C26H24N6O5. The zero-order chi connectivity index (χ0) is 26.2. The van der Waals surface area contributed by atoms with Crippen LogP contribution >= 0.6 is 0 Å². The van der Waals surface area contributed by atoms with Gasteiger partial charge in [0.25, 0.3) is 5.91 Å². The monoisotopic (exact) mass is 500 g/mol. The Labute approximate surface area is 212 Å². The van der Waals surface area contributed by atoms with Gasteiger partial charge in [0.2, 0.25) is 5.88 Å². The van der Waals surface area contributed by atoms with Crippen LogP contribution in [-0.4, -0.2) is 39.3 Å². The van der Waals surface area contributed by atoms with Gasteiger partial charge in [-0.15, -0.1) is 0 Å². The van der Waals surface area contributed by atoms with E-state index in [9.17, 15) is 14.4 Å². The number of pyridine rings is 1. The summed E-state index contributed by atoms with van der Waals surface area (Å²) in [6.07, 6.45) is 1.63. The number of hydrogen-bond donors (Lipinski definition) is 5. The van der Waals surface area contributed by atoms with Crippen molar-refractivity contribution in [2.75, 3.05) is 22.5 Å². The minimum atomic E-state index is -1.41. The third-order valence-electron chi connectivity index (χ3n) is 5.09. The van der Waals surface area contributed by atoms with Gasteiger partial charge in [0, 0.05) is 48.1 Å². The summed E-state index contributed by atoms with van der Waals surface area (Å²) in [5, 5.41) is 20.2. The number of nitrogens with zero attached hydrogens (tertiary/aromatic N) is 2. The average Bonchev–Trinajstić information content (AvgIpc) is 3.33. The van der Waals surface area contributed by atoms with E-state index >= 15 is 0 Å². The molecule has 37 heavy (non-hydrogen) atoms. The van der Waals surface area contributed by atoms with Crippen LogP contribution < -0.4 is 26.0 Å². The number of ether oxygens (including phenoxy) is 1. The van der Waals surface area contributed by atoms with Crippen molar-refractivity contribution in [1.29, 1.82) is 0 Å². The highest BCUT2D eigenvalue weighted by molar-refractivity contribution is 6.08. The normalized spacial score (nSPS) is 10.3. The fourth-order valence-corrected chi connectivity index (χ4v) is 3.46. The van der Waals surface area contributed by atoms with Crippen molar-refractivity contribution in [3.8, 4) is 11.6 Å². The lowest BCUT2D eigenvalue weighted by atomic mass is 10.2. The predicted molar refractivity (Wildman–Crippen MR) is 139 cm³/mol. The second kappa shape index (κ2) is 11.4. The highest BCUT2D eigenvalue weighted by Crippen LogP contribution is 2.25. The van der Waals surface area contributed by atoms with Gasteiger partial charge < -0.3 is 25.8 Å². The molecule has 188 valence electrons. The zero-order valence-electron chi connectivity index (χ0n) is 19.8. The second-order valence-corrected chi connectivity index (χ2v) is 7.68. The molecule has 11 nitrogen and oxygen atoms in total. The number of amides is 3. The second-order valence-electron chi connectivity index (χ2n) is 7.68. The summed E-state index contributed by atoms with van der Waals surface area (Å²) in [4.78, 5) is 40.2. The van der Waals surface area contributed by atoms with E-state index in [1.807, 2.05) is 30.3 Å². The molecule has 4 aromatic rings. The molecule has 0 aliphatic carbocycles. The lowest BCUT2D eigenvalue weighted by Gasteiger charge is -2.14. The van der Waals surface area contributed by atoms with E-state index in [0.717, 1.165) is 5.69 Å². The molecule has 2 heterocycles. The first-order valence-electron chi connectivity index (χ1n) is 11.3. The zero-order valence-corrected chi connectivity index (χ0v) is 19.8. The summed E-state index contributed by atoms with van der Waals surface area (Å²) in [6.45, 7) is 2.26. The van der Waals surface area contributed by atoms with E-state index in [0.29, 0.717) is 23.6 Å². The molecule has 4 rings (SSSR count). The first-order chi connectivity index (χ1) is 17.9. The van der Waals surface area contributed by atoms with Crippen molar-refractivity contribution < 1.29 is 24.2 Å². The lowest BCUT2D eigenvalue weighted by molar-refractivity contribution is 0.102. The van der Waals surface area contributed by atoms with E-state index in [-0.39, 0.29) is 17.3 Å². The predicted octanol–water partition coefficient (Wildman–Crippen LogP) is 5.07. The molecule has 5 N–H and O–H groups in total. The van der Waals surface area contributed by atoms with Gasteiger partial charge in [-0.3, -0.25) is 14.7 Å². The summed E-state index contributed by atoms with van der Waals surface area (Å²) >= 11 is 0. The highest BCUT2D eigenvalue weighted by Gasteiger charge is 2.16. The van der Waals surface area contributed by atoms with Gasteiger partial charge in [-0.1, -0.05) is 18.2 Å². The Morgan fingerprint density at radius 3 is 2.41 bits per heavy atom. The lowest BCUT2D eigenvalue weighted by Crippen LogP contribution is -2.28. The minimum Gasteiger partial charge on any atom is -0.449 e. The maximum absolute atomic E-state index is 13.2. The number of para-hydroxylation sites is 1. The van der Waals surface area contributed by atoms with Crippen molar-refractivity contribution in [1.82, 2.24) is 14.9 Å². The Kier molecular flexibility index (Phi) is 7.64. The van der Waals surface area contributed by atoms with Crippen LogP contribution in [0.3, 0.4) is 0 Å². The molecule has 0 radical (unpaired) electrons.